The van der Waals surface area contributed by atoms with Gasteiger partial charge in [0.15, 0.2) is 0 Å². The highest BCUT2D eigenvalue weighted by Crippen LogP contribution is 2.36. The van der Waals surface area contributed by atoms with Crippen LogP contribution < -0.4 is 5.14 Å². The molecule has 1 aromatic rings. The fourth-order valence-electron chi connectivity index (χ4n) is 2.11. The van der Waals surface area contributed by atoms with Crippen molar-refractivity contribution in [3.63, 3.8) is 0 Å². The van der Waals surface area contributed by atoms with Crippen LogP contribution in [0.3, 0.4) is 0 Å². The molecule has 0 unspecified atom stereocenters. The van der Waals surface area contributed by atoms with Crippen LogP contribution in [-0.4, -0.2) is 31.8 Å². The monoisotopic (exact) mass is 300 g/mol. The molecule has 7 heteroatoms. The number of primary sulfonamides is 1. The molecule has 2 aliphatic rings. The van der Waals surface area contributed by atoms with Gasteiger partial charge in [0.1, 0.15) is 4.21 Å². The number of thiophene rings is 1. The van der Waals surface area contributed by atoms with Crippen LogP contribution in [0.5, 0.6) is 0 Å². The van der Waals surface area contributed by atoms with Gasteiger partial charge in [-0.05, 0) is 37.7 Å². The van der Waals surface area contributed by atoms with Gasteiger partial charge in [-0.15, -0.1) is 11.3 Å². The number of hydrogen-bond donors (Lipinski definition) is 1. The molecule has 104 valence electrons. The molecule has 2 saturated carbocycles. The SMILES string of the molecule is NS(=O)(=O)c1cc(C(=O)N(CC2CC2)C2CC2)cs1. The molecule has 1 amide bonds. The third-order valence-electron chi connectivity index (χ3n) is 3.50. The number of hydrogen-bond acceptors (Lipinski definition) is 4. The van der Waals surface area contributed by atoms with E-state index < -0.39 is 10.0 Å². The molecule has 0 aliphatic heterocycles. The number of rotatable bonds is 5. The molecule has 1 heterocycles. The van der Waals surface area contributed by atoms with Crippen LogP contribution in [0.2, 0.25) is 0 Å². The Balaban J connectivity index is 1.79. The van der Waals surface area contributed by atoms with Crippen molar-refractivity contribution in [2.45, 2.75) is 35.9 Å². The van der Waals surface area contributed by atoms with Crippen molar-refractivity contribution in [1.82, 2.24) is 4.90 Å². The van der Waals surface area contributed by atoms with E-state index in [2.05, 4.69) is 0 Å². The Morgan fingerprint density at radius 3 is 2.53 bits per heavy atom. The van der Waals surface area contributed by atoms with Gasteiger partial charge < -0.3 is 4.90 Å². The first kappa shape index (κ1) is 13.1. The second-order valence-electron chi connectivity index (χ2n) is 5.33. The first-order chi connectivity index (χ1) is 8.95. The molecule has 19 heavy (non-hydrogen) atoms. The average Bonchev–Trinajstić information content (AvgIpc) is 3.23. The van der Waals surface area contributed by atoms with Gasteiger partial charge in [-0.1, -0.05) is 0 Å². The van der Waals surface area contributed by atoms with Gasteiger partial charge in [0.25, 0.3) is 5.91 Å². The standard InChI is InChI=1S/C12H16N2O3S2/c13-19(16,17)11-5-9(7-18-11)12(15)14(10-3-4-10)6-8-1-2-8/h5,7-8,10H,1-4,6H2,(H2,13,16,17). The Labute approximate surface area is 116 Å². The summed E-state index contributed by atoms with van der Waals surface area (Å²) in [7, 11) is -3.71. The normalized spacial score (nSPS) is 19.4. The minimum absolute atomic E-state index is 0.0537. The minimum atomic E-state index is -3.71. The summed E-state index contributed by atoms with van der Waals surface area (Å²) in [5, 5.41) is 6.65. The van der Waals surface area contributed by atoms with Gasteiger partial charge in [-0.2, -0.15) is 0 Å². The molecule has 0 bridgehead atoms. The Kier molecular flexibility index (Phi) is 3.15. The molecule has 2 N–H and O–H groups in total. The zero-order chi connectivity index (χ0) is 13.6. The lowest BCUT2D eigenvalue weighted by Crippen LogP contribution is -2.34. The highest BCUT2D eigenvalue weighted by atomic mass is 32.2. The lowest BCUT2D eigenvalue weighted by Gasteiger charge is -2.21. The zero-order valence-corrected chi connectivity index (χ0v) is 12.0. The summed E-state index contributed by atoms with van der Waals surface area (Å²) < 4.78 is 22.5. The molecule has 5 nitrogen and oxygen atoms in total. The van der Waals surface area contributed by atoms with Crippen molar-refractivity contribution >= 4 is 27.3 Å². The quantitative estimate of drug-likeness (QED) is 0.892. The Bertz CT molecular complexity index is 600. The van der Waals surface area contributed by atoms with E-state index in [0.29, 0.717) is 17.5 Å². The van der Waals surface area contributed by atoms with Gasteiger partial charge in [-0.3, -0.25) is 4.79 Å². The molecule has 0 aromatic carbocycles. The summed E-state index contributed by atoms with van der Waals surface area (Å²) >= 11 is 1.01. The second-order valence-corrected chi connectivity index (χ2v) is 8.03. The van der Waals surface area contributed by atoms with E-state index in [-0.39, 0.29) is 10.1 Å². The van der Waals surface area contributed by atoms with Crippen molar-refractivity contribution in [2.24, 2.45) is 11.1 Å². The Morgan fingerprint density at radius 1 is 1.37 bits per heavy atom. The lowest BCUT2D eigenvalue weighted by molar-refractivity contribution is 0.0735. The van der Waals surface area contributed by atoms with Crippen molar-refractivity contribution in [3.8, 4) is 0 Å². The number of nitrogens with two attached hydrogens (primary N) is 1. The molecule has 0 atom stereocenters. The maximum absolute atomic E-state index is 12.4. The predicted octanol–water partition coefficient (Wildman–Crippen LogP) is 1.41. The van der Waals surface area contributed by atoms with Crippen LogP contribution in [0.1, 0.15) is 36.0 Å². The molecular weight excluding hydrogens is 284 g/mol. The first-order valence-electron chi connectivity index (χ1n) is 6.37. The third-order valence-corrected chi connectivity index (χ3v) is 5.89. The summed E-state index contributed by atoms with van der Waals surface area (Å²) in [5.74, 6) is 0.585. The number of carbonyl (C=O) groups excluding carboxylic acids is 1. The van der Waals surface area contributed by atoms with Crippen molar-refractivity contribution in [3.05, 3.63) is 17.0 Å². The van der Waals surface area contributed by atoms with Gasteiger partial charge >= 0.3 is 0 Å². The molecule has 2 fully saturated rings. The van der Waals surface area contributed by atoms with Crippen molar-refractivity contribution in [2.75, 3.05) is 6.54 Å². The Morgan fingerprint density at radius 2 is 2.05 bits per heavy atom. The lowest BCUT2D eigenvalue weighted by atomic mass is 10.2. The smallest absolute Gasteiger partial charge is 0.255 e. The average molecular weight is 300 g/mol. The molecule has 1 aromatic heterocycles. The predicted molar refractivity (Wildman–Crippen MR) is 72.5 cm³/mol. The second kappa shape index (κ2) is 4.57. The maximum Gasteiger partial charge on any atom is 0.255 e. The molecule has 0 saturated heterocycles. The molecule has 0 radical (unpaired) electrons. The number of amides is 1. The summed E-state index contributed by atoms with van der Waals surface area (Å²) in [6.45, 7) is 0.810. The van der Waals surface area contributed by atoms with Crippen LogP contribution in [0.4, 0.5) is 0 Å². The van der Waals surface area contributed by atoms with E-state index in [9.17, 15) is 13.2 Å². The molecule has 3 rings (SSSR count). The third kappa shape index (κ3) is 2.98. The maximum atomic E-state index is 12.4. The minimum Gasteiger partial charge on any atom is -0.335 e. The molecular formula is C12H16N2O3S2. The fraction of sp³-hybridized carbons (Fsp3) is 0.583. The van der Waals surface area contributed by atoms with Crippen LogP contribution in [-0.2, 0) is 10.0 Å². The summed E-state index contributed by atoms with van der Waals surface area (Å²) in [5.41, 5.74) is 0.446. The fourth-order valence-corrected chi connectivity index (χ4v) is 3.69. The van der Waals surface area contributed by atoms with Gasteiger partial charge in [0.05, 0.1) is 5.56 Å². The number of sulfonamides is 1. The van der Waals surface area contributed by atoms with Gasteiger partial charge in [-0.25, -0.2) is 13.6 Å². The van der Waals surface area contributed by atoms with E-state index >= 15 is 0 Å². The van der Waals surface area contributed by atoms with E-state index in [4.69, 9.17) is 5.14 Å². The van der Waals surface area contributed by atoms with E-state index in [1.807, 2.05) is 4.90 Å². The summed E-state index contributed by atoms with van der Waals surface area (Å²) in [4.78, 5) is 14.3. The van der Waals surface area contributed by atoms with Gasteiger partial charge in [0, 0.05) is 18.0 Å². The van der Waals surface area contributed by atoms with Crippen LogP contribution in [0.25, 0.3) is 0 Å². The first-order valence-corrected chi connectivity index (χ1v) is 8.80. The van der Waals surface area contributed by atoms with Gasteiger partial charge in [0.2, 0.25) is 10.0 Å². The number of nitrogens with zero attached hydrogens (tertiary/aromatic N) is 1. The van der Waals surface area contributed by atoms with E-state index in [0.717, 1.165) is 30.7 Å². The largest absolute Gasteiger partial charge is 0.335 e. The molecule has 0 spiro atoms. The highest BCUT2D eigenvalue weighted by molar-refractivity contribution is 7.91. The van der Waals surface area contributed by atoms with Crippen LogP contribution >= 0.6 is 11.3 Å². The summed E-state index contributed by atoms with van der Waals surface area (Å²) in [6.07, 6.45) is 4.51. The molecule has 2 aliphatic carbocycles. The van der Waals surface area contributed by atoms with Crippen molar-refractivity contribution in [1.29, 1.82) is 0 Å². The van der Waals surface area contributed by atoms with Crippen LogP contribution in [0, 0.1) is 5.92 Å². The Hall–Kier alpha value is -0.920. The zero-order valence-electron chi connectivity index (χ0n) is 10.4. The highest BCUT2D eigenvalue weighted by Gasteiger charge is 2.37. The number of carbonyl (C=O) groups is 1. The van der Waals surface area contributed by atoms with E-state index in [1.54, 1.807) is 5.38 Å². The topological polar surface area (TPSA) is 80.5 Å². The summed E-state index contributed by atoms with van der Waals surface area (Å²) in [6, 6.07) is 1.75. The van der Waals surface area contributed by atoms with Crippen LogP contribution in [0.15, 0.2) is 15.7 Å². The van der Waals surface area contributed by atoms with Crippen molar-refractivity contribution < 1.29 is 13.2 Å². The van der Waals surface area contributed by atoms with E-state index in [1.165, 1.54) is 18.9 Å².